The summed E-state index contributed by atoms with van der Waals surface area (Å²) >= 11 is 1.88. The van der Waals surface area contributed by atoms with Crippen molar-refractivity contribution in [1.29, 1.82) is 0 Å². The molecule has 3 heterocycles. The molecule has 0 N–H and O–H groups in total. The van der Waals surface area contributed by atoms with Gasteiger partial charge in [0.05, 0.1) is 22.4 Å². The third-order valence-corrected chi connectivity index (χ3v) is 10.4. The predicted octanol–water partition coefficient (Wildman–Crippen LogP) is 11.6. The van der Waals surface area contributed by atoms with Gasteiger partial charge in [-0.2, -0.15) is 0 Å². The zero-order valence-electron chi connectivity index (χ0n) is 24.7. The van der Waals surface area contributed by atoms with Crippen LogP contribution in [0.5, 0.6) is 0 Å². The molecule has 3 nitrogen and oxygen atoms in total. The maximum atomic E-state index is 5.26. The van der Waals surface area contributed by atoms with E-state index >= 15 is 0 Å². The van der Waals surface area contributed by atoms with Crippen LogP contribution >= 0.6 is 11.3 Å². The summed E-state index contributed by atoms with van der Waals surface area (Å²) in [5.74, 6) is 0.666. The maximum Gasteiger partial charge on any atom is 0.235 e. The van der Waals surface area contributed by atoms with Gasteiger partial charge in [-0.3, -0.25) is 4.57 Å². The number of fused-ring (bicyclic) bond motifs is 11. The number of benzene rings is 7. The van der Waals surface area contributed by atoms with Gasteiger partial charge in [-0.15, -0.1) is 11.3 Å². The average Bonchev–Trinajstić information content (AvgIpc) is 3.68. The Labute approximate surface area is 268 Å². The monoisotopic (exact) mass is 603 g/mol. The van der Waals surface area contributed by atoms with E-state index in [2.05, 4.69) is 144 Å². The van der Waals surface area contributed by atoms with Gasteiger partial charge in [0.2, 0.25) is 5.95 Å². The summed E-state index contributed by atoms with van der Waals surface area (Å²) in [5, 5.41) is 10.0. The van der Waals surface area contributed by atoms with Gasteiger partial charge in [-0.05, 0) is 29.0 Å². The van der Waals surface area contributed by atoms with Crippen LogP contribution in [0.25, 0.3) is 92.0 Å². The molecule has 10 rings (SSSR count). The van der Waals surface area contributed by atoms with E-state index in [1.54, 1.807) is 0 Å². The first-order valence-corrected chi connectivity index (χ1v) is 16.3. The van der Waals surface area contributed by atoms with Crippen LogP contribution in [0.4, 0.5) is 0 Å². The fraction of sp³-hybridized carbons (Fsp3) is 0. The molecule has 0 saturated heterocycles. The molecular weight excluding hydrogens is 579 g/mol. The van der Waals surface area contributed by atoms with Gasteiger partial charge in [0.1, 0.15) is 0 Å². The quantitative estimate of drug-likeness (QED) is 0.188. The zero-order valence-corrected chi connectivity index (χ0v) is 25.5. The van der Waals surface area contributed by atoms with Gasteiger partial charge in [-0.25, -0.2) is 9.97 Å². The fourth-order valence-electron chi connectivity index (χ4n) is 7.12. The second-order valence-corrected chi connectivity index (χ2v) is 12.8. The number of thiophene rings is 1. The van der Waals surface area contributed by atoms with Crippen LogP contribution in [0.2, 0.25) is 0 Å². The molecule has 0 fully saturated rings. The predicted molar refractivity (Wildman–Crippen MR) is 195 cm³/mol. The summed E-state index contributed by atoms with van der Waals surface area (Å²) in [5.41, 5.74) is 6.14. The molecule has 0 aliphatic rings. The van der Waals surface area contributed by atoms with E-state index in [0.717, 1.165) is 33.5 Å². The molecule has 0 saturated carbocycles. The minimum Gasteiger partial charge on any atom is -0.277 e. The van der Waals surface area contributed by atoms with Gasteiger partial charge < -0.3 is 0 Å². The molecule has 0 radical (unpaired) electrons. The Kier molecular flexibility index (Phi) is 5.45. The summed E-state index contributed by atoms with van der Waals surface area (Å²) in [6.07, 6.45) is 0. The fourth-order valence-corrected chi connectivity index (χ4v) is 8.35. The largest absolute Gasteiger partial charge is 0.277 e. The lowest BCUT2D eigenvalue weighted by Gasteiger charge is -2.13. The standard InChI is InChI=1S/C42H25N3S/c1-3-11-26(12-4-1)36-25-37(27-13-5-2-6-14-27)44-42(43-36)45-38-17-9-7-15-30(38)33-21-19-28-29-20-23-35-31-16-8-10-18-39(31)46-41(35)34(29)24-22-32(28)40(33)45/h1-25H. The summed E-state index contributed by atoms with van der Waals surface area (Å²) in [6, 6.07) is 54.0. The molecule has 4 heteroatoms. The normalized spacial score (nSPS) is 11.9. The summed E-state index contributed by atoms with van der Waals surface area (Å²) in [4.78, 5) is 10.5. The van der Waals surface area contributed by atoms with E-state index < -0.39 is 0 Å². The Morgan fingerprint density at radius 3 is 1.61 bits per heavy atom. The number of aromatic nitrogens is 3. The summed E-state index contributed by atoms with van der Waals surface area (Å²) in [6.45, 7) is 0. The van der Waals surface area contributed by atoms with Gasteiger partial charge in [0, 0.05) is 52.8 Å². The van der Waals surface area contributed by atoms with Crippen LogP contribution in [0.3, 0.4) is 0 Å². The summed E-state index contributed by atoms with van der Waals surface area (Å²) < 4.78 is 4.94. The Balaban J connectivity index is 1.32. The van der Waals surface area contributed by atoms with Crippen LogP contribution in [0.1, 0.15) is 0 Å². The van der Waals surface area contributed by atoms with Crippen LogP contribution in [0, 0.1) is 0 Å². The molecule has 0 spiro atoms. The molecule has 0 atom stereocenters. The van der Waals surface area contributed by atoms with E-state index in [0.29, 0.717) is 5.95 Å². The van der Waals surface area contributed by atoms with Gasteiger partial charge in [0.15, 0.2) is 0 Å². The lowest BCUT2D eigenvalue weighted by Crippen LogP contribution is -2.04. The Hall–Kier alpha value is -5.84. The Morgan fingerprint density at radius 2 is 0.913 bits per heavy atom. The maximum absolute atomic E-state index is 5.26. The molecule has 0 amide bonds. The van der Waals surface area contributed by atoms with Gasteiger partial charge in [-0.1, -0.05) is 133 Å². The SMILES string of the molecule is c1ccc(-c2cc(-c3ccccc3)nc(-n3c4ccccc4c4ccc5c6ccc7c8ccccc8sc7c6ccc5c43)n2)cc1. The van der Waals surface area contributed by atoms with Crippen molar-refractivity contribution in [2.75, 3.05) is 0 Å². The first kappa shape index (κ1) is 25.5. The van der Waals surface area contributed by atoms with Crippen LogP contribution in [-0.4, -0.2) is 14.5 Å². The molecule has 0 bridgehead atoms. The minimum absolute atomic E-state index is 0.666. The van der Waals surface area contributed by atoms with Crippen molar-refractivity contribution in [3.63, 3.8) is 0 Å². The van der Waals surface area contributed by atoms with Crippen molar-refractivity contribution in [1.82, 2.24) is 14.5 Å². The first-order valence-electron chi connectivity index (χ1n) is 15.5. The van der Waals surface area contributed by atoms with E-state index in [1.807, 2.05) is 23.5 Å². The van der Waals surface area contributed by atoms with Crippen molar-refractivity contribution in [3.05, 3.63) is 152 Å². The average molecular weight is 604 g/mol. The number of rotatable bonds is 3. The van der Waals surface area contributed by atoms with Gasteiger partial charge in [0.25, 0.3) is 0 Å². The first-order chi connectivity index (χ1) is 22.8. The van der Waals surface area contributed by atoms with Crippen LogP contribution in [0.15, 0.2) is 152 Å². The lowest BCUT2D eigenvalue weighted by molar-refractivity contribution is 0.998. The molecule has 214 valence electrons. The van der Waals surface area contributed by atoms with E-state index in [-0.39, 0.29) is 0 Å². The van der Waals surface area contributed by atoms with Crippen LogP contribution in [-0.2, 0) is 0 Å². The molecule has 46 heavy (non-hydrogen) atoms. The Morgan fingerprint density at radius 1 is 0.413 bits per heavy atom. The molecule has 0 unspecified atom stereocenters. The molecule has 0 aliphatic carbocycles. The van der Waals surface area contributed by atoms with E-state index in [1.165, 1.54) is 52.5 Å². The van der Waals surface area contributed by atoms with Crippen molar-refractivity contribution < 1.29 is 0 Å². The van der Waals surface area contributed by atoms with E-state index in [9.17, 15) is 0 Å². The lowest BCUT2D eigenvalue weighted by atomic mass is 9.98. The number of para-hydroxylation sites is 1. The smallest absolute Gasteiger partial charge is 0.235 e. The highest BCUT2D eigenvalue weighted by Crippen LogP contribution is 2.43. The van der Waals surface area contributed by atoms with Gasteiger partial charge >= 0.3 is 0 Å². The third-order valence-electron chi connectivity index (χ3n) is 9.22. The van der Waals surface area contributed by atoms with Crippen LogP contribution < -0.4 is 0 Å². The van der Waals surface area contributed by atoms with Crippen molar-refractivity contribution in [3.8, 4) is 28.5 Å². The zero-order chi connectivity index (χ0) is 30.2. The molecule has 3 aromatic heterocycles. The van der Waals surface area contributed by atoms with Crippen molar-refractivity contribution in [2.24, 2.45) is 0 Å². The van der Waals surface area contributed by atoms with Crippen molar-refractivity contribution in [2.45, 2.75) is 0 Å². The summed E-state index contributed by atoms with van der Waals surface area (Å²) in [7, 11) is 0. The Bertz CT molecular complexity index is 2740. The highest BCUT2D eigenvalue weighted by molar-refractivity contribution is 7.26. The minimum atomic E-state index is 0.666. The molecule has 10 aromatic rings. The molecule has 7 aromatic carbocycles. The molecular formula is C42H25N3S. The third kappa shape index (κ3) is 3.71. The highest BCUT2D eigenvalue weighted by atomic mass is 32.1. The number of nitrogens with zero attached hydrogens (tertiary/aromatic N) is 3. The number of hydrogen-bond acceptors (Lipinski definition) is 3. The highest BCUT2D eigenvalue weighted by Gasteiger charge is 2.20. The second-order valence-electron chi connectivity index (χ2n) is 11.8. The molecule has 0 aliphatic heterocycles. The van der Waals surface area contributed by atoms with E-state index in [4.69, 9.17) is 9.97 Å². The second kappa shape index (κ2) is 9.83. The number of hydrogen-bond donors (Lipinski definition) is 0. The van der Waals surface area contributed by atoms with Crippen molar-refractivity contribution >= 4 is 74.9 Å². The topological polar surface area (TPSA) is 30.7 Å².